The van der Waals surface area contributed by atoms with Crippen LogP contribution in [0.1, 0.15) is 21.6 Å². The minimum atomic E-state index is -0.722. The number of pyridine rings is 1. The summed E-state index contributed by atoms with van der Waals surface area (Å²) in [6, 6.07) is 1.12. The van der Waals surface area contributed by atoms with E-state index in [1.165, 1.54) is 0 Å². The standard InChI is InChI=1S/C11H9ClN4O4/c1-5-6(2)15-20-11(5)14-10(17)7-3-9(12)13-4-8(7)16(18)19/h3-4H,1-2H3,(H,14,17). The minimum absolute atomic E-state index is 0.0220. The fourth-order valence-electron chi connectivity index (χ4n) is 1.45. The molecule has 2 aromatic heterocycles. The summed E-state index contributed by atoms with van der Waals surface area (Å²) in [6.07, 6.45) is 0.926. The van der Waals surface area contributed by atoms with E-state index in [0.29, 0.717) is 11.3 Å². The minimum Gasteiger partial charge on any atom is -0.338 e. The highest BCUT2D eigenvalue weighted by Gasteiger charge is 2.23. The monoisotopic (exact) mass is 296 g/mol. The molecule has 8 nitrogen and oxygen atoms in total. The molecule has 2 heterocycles. The topological polar surface area (TPSA) is 111 Å². The van der Waals surface area contributed by atoms with Gasteiger partial charge in [-0.15, -0.1) is 0 Å². The second-order valence-electron chi connectivity index (χ2n) is 3.96. The molecule has 0 saturated heterocycles. The third kappa shape index (κ3) is 2.59. The van der Waals surface area contributed by atoms with Gasteiger partial charge < -0.3 is 4.52 Å². The Bertz CT molecular complexity index is 698. The molecule has 1 amide bonds. The Hall–Kier alpha value is -2.48. The maximum Gasteiger partial charge on any atom is 0.300 e. The van der Waals surface area contributed by atoms with Crippen molar-refractivity contribution in [2.45, 2.75) is 13.8 Å². The average Bonchev–Trinajstić information content (AvgIpc) is 2.70. The Kier molecular flexibility index (Phi) is 3.66. The van der Waals surface area contributed by atoms with Crippen LogP contribution in [0.4, 0.5) is 11.6 Å². The highest BCUT2D eigenvalue weighted by molar-refractivity contribution is 6.30. The van der Waals surface area contributed by atoms with Crippen LogP contribution in [0, 0.1) is 24.0 Å². The number of aromatic nitrogens is 2. The number of hydrogen-bond donors (Lipinski definition) is 1. The number of amides is 1. The zero-order chi connectivity index (χ0) is 14.9. The Balaban J connectivity index is 2.36. The van der Waals surface area contributed by atoms with Gasteiger partial charge in [-0.3, -0.25) is 20.2 Å². The van der Waals surface area contributed by atoms with Crippen molar-refractivity contribution < 1.29 is 14.2 Å². The molecule has 0 atom stereocenters. The van der Waals surface area contributed by atoms with Gasteiger partial charge in [0, 0.05) is 5.56 Å². The lowest BCUT2D eigenvalue weighted by Gasteiger charge is -2.03. The van der Waals surface area contributed by atoms with Crippen LogP contribution in [0.25, 0.3) is 0 Å². The number of carbonyl (C=O) groups is 1. The van der Waals surface area contributed by atoms with E-state index in [2.05, 4.69) is 15.5 Å². The van der Waals surface area contributed by atoms with E-state index in [9.17, 15) is 14.9 Å². The molecule has 20 heavy (non-hydrogen) atoms. The largest absolute Gasteiger partial charge is 0.338 e. The van der Waals surface area contributed by atoms with E-state index >= 15 is 0 Å². The van der Waals surface area contributed by atoms with Gasteiger partial charge in [0.1, 0.15) is 16.9 Å². The summed E-state index contributed by atoms with van der Waals surface area (Å²) in [6.45, 7) is 3.41. The lowest BCUT2D eigenvalue weighted by atomic mass is 10.2. The predicted molar refractivity (Wildman–Crippen MR) is 69.8 cm³/mol. The summed E-state index contributed by atoms with van der Waals surface area (Å²) in [5.74, 6) is -0.588. The molecule has 1 N–H and O–H groups in total. The van der Waals surface area contributed by atoms with Crippen LogP contribution in [-0.2, 0) is 0 Å². The van der Waals surface area contributed by atoms with Gasteiger partial charge in [0.15, 0.2) is 0 Å². The number of aryl methyl sites for hydroxylation is 1. The fraction of sp³-hybridized carbons (Fsp3) is 0.182. The first-order valence-electron chi connectivity index (χ1n) is 5.44. The number of halogens is 1. The van der Waals surface area contributed by atoms with Gasteiger partial charge in [-0.05, 0) is 19.9 Å². The highest BCUT2D eigenvalue weighted by Crippen LogP contribution is 2.23. The Morgan fingerprint density at radius 2 is 2.20 bits per heavy atom. The molecule has 2 aromatic rings. The summed E-state index contributed by atoms with van der Waals surface area (Å²) >= 11 is 5.65. The molecule has 0 bridgehead atoms. The maximum atomic E-state index is 12.1. The van der Waals surface area contributed by atoms with Gasteiger partial charge >= 0.3 is 0 Å². The van der Waals surface area contributed by atoms with E-state index in [1.807, 2.05) is 0 Å². The number of hydrogen-bond acceptors (Lipinski definition) is 6. The third-order valence-corrected chi connectivity index (χ3v) is 2.88. The molecule has 0 aromatic carbocycles. The van der Waals surface area contributed by atoms with Gasteiger partial charge in [-0.25, -0.2) is 4.98 Å². The first-order valence-corrected chi connectivity index (χ1v) is 5.82. The van der Waals surface area contributed by atoms with Gasteiger partial charge in [-0.1, -0.05) is 16.8 Å². The molecule has 0 saturated carbocycles. The van der Waals surface area contributed by atoms with Crippen molar-refractivity contribution >= 4 is 29.1 Å². The van der Waals surface area contributed by atoms with Crippen molar-refractivity contribution in [3.8, 4) is 0 Å². The lowest BCUT2D eigenvalue weighted by Crippen LogP contribution is -2.14. The van der Waals surface area contributed by atoms with Crippen molar-refractivity contribution in [1.29, 1.82) is 0 Å². The van der Waals surface area contributed by atoms with Crippen LogP contribution in [-0.4, -0.2) is 21.0 Å². The Labute approximate surface area is 117 Å². The quantitative estimate of drug-likeness (QED) is 0.529. The molecule has 0 unspecified atom stereocenters. The Morgan fingerprint density at radius 3 is 2.75 bits per heavy atom. The molecular formula is C11H9ClN4O4. The van der Waals surface area contributed by atoms with Crippen molar-refractivity contribution in [1.82, 2.24) is 10.1 Å². The molecule has 0 aliphatic carbocycles. The fourth-order valence-corrected chi connectivity index (χ4v) is 1.61. The number of carbonyl (C=O) groups excluding carboxylic acids is 1. The van der Waals surface area contributed by atoms with Crippen LogP contribution in [0.3, 0.4) is 0 Å². The summed E-state index contributed by atoms with van der Waals surface area (Å²) in [7, 11) is 0. The molecule has 0 aliphatic rings. The summed E-state index contributed by atoms with van der Waals surface area (Å²) in [5, 5.41) is 16.9. The van der Waals surface area contributed by atoms with Gasteiger partial charge in [0.2, 0.25) is 5.88 Å². The molecule has 0 fully saturated rings. The molecule has 0 spiro atoms. The first-order chi connectivity index (χ1) is 9.40. The van der Waals surface area contributed by atoms with E-state index in [1.54, 1.807) is 13.8 Å². The van der Waals surface area contributed by atoms with E-state index in [4.69, 9.17) is 16.1 Å². The van der Waals surface area contributed by atoms with Crippen molar-refractivity contribution in [3.05, 3.63) is 44.4 Å². The second kappa shape index (κ2) is 5.25. The lowest BCUT2D eigenvalue weighted by molar-refractivity contribution is -0.385. The van der Waals surface area contributed by atoms with Crippen molar-refractivity contribution in [2.24, 2.45) is 0 Å². The molecule has 9 heteroatoms. The Morgan fingerprint density at radius 1 is 1.50 bits per heavy atom. The summed E-state index contributed by atoms with van der Waals surface area (Å²) in [4.78, 5) is 25.8. The van der Waals surface area contributed by atoms with E-state index in [-0.39, 0.29) is 16.6 Å². The zero-order valence-electron chi connectivity index (χ0n) is 10.5. The van der Waals surface area contributed by atoms with E-state index < -0.39 is 16.5 Å². The molecule has 0 aliphatic heterocycles. The zero-order valence-corrected chi connectivity index (χ0v) is 11.3. The van der Waals surface area contributed by atoms with Gasteiger partial charge in [0.25, 0.3) is 11.6 Å². The smallest absolute Gasteiger partial charge is 0.300 e. The van der Waals surface area contributed by atoms with Crippen LogP contribution >= 0.6 is 11.6 Å². The third-order valence-electron chi connectivity index (χ3n) is 2.68. The normalized spacial score (nSPS) is 10.3. The molecule has 2 rings (SSSR count). The molecule has 104 valence electrons. The van der Waals surface area contributed by atoms with E-state index in [0.717, 1.165) is 12.3 Å². The number of rotatable bonds is 3. The van der Waals surface area contributed by atoms with Gasteiger partial charge in [-0.2, -0.15) is 0 Å². The van der Waals surface area contributed by atoms with Crippen LogP contribution in [0.15, 0.2) is 16.8 Å². The number of anilines is 1. The number of nitro groups is 1. The maximum absolute atomic E-state index is 12.1. The van der Waals surface area contributed by atoms with Crippen molar-refractivity contribution in [2.75, 3.05) is 5.32 Å². The highest BCUT2D eigenvalue weighted by atomic mass is 35.5. The molecular weight excluding hydrogens is 288 g/mol. The first kappa shape index (κ1) is 13.9. The second-order valence-corrected chi connectivity index (χ2v) is 4.34. The molecule has 0 radical (unpaired) electrons. The van der Waals surface area contributed by atoms with Crippen LogP contribution < -0.4 is 5.32 Å². The summed E-state index contributed by atoms with van der Waals surface area (Å²) < 4.78 is 4.92. The SMILES string of the molecule is Cc1noc(NC(=O)c2cc(Cl)ncc2[N+](=O)[O-])c1C. The van der Waals surface area contributed by atoms with Crippen LogP contribution in [0.2, 0.25) is 5.15 Å². The summed E-state index contributed by atoms with van der Waals surface area (Å²) in [5.41, 5.74) is 0.605. The number of nitrogens with zero attached hydrogens (tertiary/aromatic N) is 3. The number of nitrogens with one attached hydrogen (secondary N) is 1. The van der Waals surface area contributed by atoms with Gasteiger partial charge in [0.05, 0.1) is 10.6 Å². The van der Waals surface area contributed by atoms with Crippen LogP contribution in [0.5, 0.6) is 0 Å². The predicted octanol–water partition coefficient (Wildman–Crippen LogP) is 2.50. The van der Waals surface area contributed by atoms with Crippen molar-refractivity contribution in [3.63, 3.8) is 0 Å². The average molecular weight is 297 g/mol.